The lowest BCUT2D eigenvalue weighted by atomic mass is 10.0. The second-order valence-electron chi connectivity index (χ2n) is 5.35. The summed E-state index contributed by atoms with van der Waals surface area (Å²) in [6.45, 7) is 3.17. The summed E-state index contributed by atoms with van der Waals surface area (Å²) in [5, 5.41) is 0. The Labute approximate surface area is 151 Å². The first-order valence-corrected chi connectivity index (χ1v) is 8.75. The molecule has 0 fully saturated rings. The zero-order chi connectivity index (χ0) is 16.8. The minimum Gasteiger partial charge on any atom is -0.493 e. The summed E-state index contributed by atoms with van der Waals surface area (Å²) < 4.78 is 12.7. The molecule has 0 aromatic heterocycles. The second-order valence-corrected chi connectivity index (χ2v) is 6.20. The van der Waals surface area contributed by atoms with Crippen molar-refractivity contribution in [3.8, 4) is 22.6 Å². The molecule has 0 aliphatic heterocycles. The van der Waals surface area contributed by atoms with Crippen molar-refractivity contribution in [2.45, 2.75) is 13.5 Å². The fourth-order valence-corrected chi connectivity index (χ4v) is 2.86. The fourth-order valence-electron chi connectivity index (χ4n) is 2.50. The van der Waals surface area contributed by atoms with E-state index in [-0.39, 0.29) is 0 Å². The van der Waals surface area contributed by atoms with Crippen LogP contribution in [0.25, 0.3) is 11.1 Å². The first-order valence-electron chi connectivity index (χ1n) is 7.96. The first kappa shape index (κ1) is 16.6. The van der Waals surface area contributed by atoms with Crippen LogP contribution in [-0.2, 0) is 6.61 Å². The summed E-state index contributed by atoms with van der Waals surface area (Å²) >= 11 is 3.57. The van der Waals surface area contributed by atoms with E-state index in [9.17, 15) is 0 Å². The average Bonchev–Trinajstić information content (AvgIpc) is 2.63. The SMILES string of the molecule is CCOc1ccccc1-c1ccc(Br)c(OCc2ccccc2)c1. The molecule has 0 amide bonds. The highest BCUT2D eigenvalue weighted by molar-refractivity contribution is 9.10. The summed E-state index contributed by atoms with van der Waals surface area (Å²) in [6.07, 6.45) is 0. The predicted octanol–water partition coefficient (Wildman–Crippen LogP) is 6.09. The minimum atomic E-state index is 0.538. The van der Waals surface area contributed by atoms with Crippen LogP contribution in [0, 0.1) is 0 Å². The molecule has 3 heteroatoms. The number of hydrogen-bond donors (Lipinski definition) is 0. The summed E-state index contributed by atoms with van der Waals surface area (Å²) in [4.78, 5) is 0. The highest BCUT2D eigenvalue weighted by atomic mass is 79.9. The molecule has 3 aromatic rings. The molecule has 0 aliphatic carbocycles. The van der Waals surface area contributed by atoms with Gasteiger partial charge in [0.25, 0.3) is 0 Å². The van der Waals surface area contributed by atoms with Crippen molar-refractivity contribution in [1.82, 2.24) is 0 Å². The lowest BCUT2D eigenvalue weighted by molar-refractivity contribution is 0.304. The lowest BCUT2D eigenvalue weighted by Crippen LogP contribution is -1.97. The number of ether oxygens (including phenoxy) is 2. The minimum absolute atomic E-state index is 0.538. The van der Waals surface area contributed by atoms with Gasteiger partial charge in [-0.3, -0.25) is 0 Å². The van der Waals surface area contributed by atoms with Gasteiger partial charge in [-0.1, -0.05) is 54.6 Å². The predicted molar refractivity (Wildman–Crippen MR) is 102 cm³/mol. The molecular formula is C21H19BrO2. The second kappa shape index (κ2) is 8.02. The van der Waals surface area contributed by atoms with E-state index in [4.69, 9.17) is 9.47 Å². The Hall–Kier alpha value is -2.26. The van der Waals surface area contributed by atoms with Crippen molar-refractivity contribution < 1.29 is 9.47 Å². The van der Waals surface area contributed by atoms with E-state index in [1.807, 2.05) is 55.5 Å². The van der Waals surface area contributed by atoms with Crippen LogP contribution in [0.1, 0.15) is 12.5 Å². The number of halogens is 1. The van der Waals surface area contributed by atoms with E-state index in [1.54, 1.807) is 0 Å². The van der Waals surface area contributed by atoms with E-state index in [1.165, 1.54) is 0 Å². The number of para-hydroxylation sites is 1. The van der Waals surface area contributed by atoms with Crippen molar-refractivity contribution >= 4 is 15.9 Å². The molecule has 0 saturated carbocycles. The molecule has 0 bridgehead atoms. The molecule has 0 unspecified atom stereocenters. The van der Waals surface area contributed by atoms with Gasteiger partial charge in [0.1, 0.15) is 18.1 Å². The molecule has 24 heavy (non-hydrogen) atoms. The van der Waals surface area contributed by atoms with E-state index in [0.29, 0.717) is 13.2 Å². The average molecular weight is 383 g/mol. The number of hydrogen-bond acceptors (Lipinski definition) is 2. The summed E-state index contributed by atoms with van der Waals surface area (Å²) in [5.41, 5.74) is 3.28. The molecule has 0 saturated heterocycles. The van der Waals surface area contributed by atoms with Crippen LogP contribution in [0.2, 0.25) is 0 Å². The molecule has 0 atom stereocenters. The van der Waals surface area contributed by atoms with Crippen molar-refractivity contribution in [3.05, 3.63) is 82.8 Å². The molecule has 0 spiro atoms. The molecule has 3 rings (SSSR count). The highest BCUT2D eigenvalue weighted by Gasteiger charge is 2.09. The van der Waals surface area contributed by atoms with Gasteiger partial charge in [0.05, 0.1) is 11.1 Å². The van der Waals surface area contributed by atoms with Gasteiger partial charge in [-0.15, -0.1) is 0 Å². The lowest BCUT2D eigenvalue weighted by Gasteiger charge is -2.13. The molecule has 3 aromatic carbocycles. The van der Waals surface area contributed by atoms with Gasteiger partial charge in [0.15, 0.2) is 0 Å². The topological polar surface area (TPSA) is 18.5 Å². The zero-order valence-corrected chi connectivity index (χ0v) is 15.1. The Morgan fingerprint density at radius 3 is 2.33 bits per heavy atom. The molecule has 2 nitrogen and oxygen atoms in total. The maximum atomic E-state index is 6.00. The summed E-state index contributed by atoms with van der Waals surface area (Å²) in [6, 6.07) is 24.3. The quantitative estimate of drug-likeness (QED) is 0.513. The summed E-state index contributed by atoms with van der Waals surface area (Å²) in [7, 11) is 0. The van der Waals surface area contributed by atoms with Crippen LogP contribution >= 0.6 is 15.9 Å². The third kappa shape index (κ3) is 3.98. The van der Waals surface area contributed by atoms with Gasteiger partial charge in [-0.05, 0) is 52.2 Å². The summed E-state index contributed by atoms with van der Waals surface area (Å²) in [5.74, 6) is 1.71. The maximum absolute atomic E-state index is 6.00. The van der Waals surface area contributed by atoms with Crippen LogP contribution in [0.3, 0.4) is 0 Å². The Morgan fingerprint density at radius 1 is 0.792 bits per heavy atom. The molecule has 0 radical (unpaired) electrons. The van der Waals surface area contributed by atoms with Crippen LogP contribution in [0.4, 0.5) is 0 Å². The maximum Gasteiger partial charge on any atom is 0.134 e. The van der Waals surface area contributed by atoms with E-state index < -0.39 is 0 Å². The molecule has 0 N–H and O–H groups in total. The van der Waals surface area contributed by atoms with Crippen LogP contribution in [0.5, 0.6) is 11.5 Å². The van der Waals surface area contributed by atoms with Crippen LogP contribution in [0.15, 0.2) is 77.3 Å². The van der Waals surface area contributed by atoms with Gasteiger partial charge in [0, 0.05) is 5.56 Å². The van der Waals surface area contributed by atoms with Crippen molar-refractivity contribution in [1.29, 1.82) is 0 Å². The van der Waals surface area contributed by atoms with E-state index in [2.05, 4.69) is 40.2 Å². The van der Waals surface area contributed by atoms with Crippen molar-refractivity contribution in [3.63, 3.8) is 0 Å². The highest BCUT2D eigenvalue weighted by Crippen LogP contribution is 2.35. The van der Waals surface area contributed by atoms with E-state index in [0.717, 1.165) is 32.7 Å². The standard InChI is InChI=1S/C21H19BrO2/c1-2-23-20-11-7-6-10-18(20)17-12-13-19(22)21(14-17)24-15-16-8-4-3-5-9-16/h3-14H,2,15H2,1H3. The Kier molecular flexibility index (Phi) is 5.55. The molecule has 0 heterocycles. The van der Waals surface area contributed by atoms with Gasteiger partial charge < -0.3 is 9.47 Å². The third-order valence-corrected chi connectivity index (χ3v) is 4.32. The Morgan fingerprint density at radius 2 is 1.54 bits per heavy atom. The van der Waals surface area contributed by atoms with E-state index >= 15 is 0 Å². The number of rotatable bonds is 6. The van der Waals surface area contributed by atoms with Gasteiger partial charge >= 0.3 is 0 Å². The number of benzene rings is 3. The molecular weight excluding hydrogens is 364 g/mol. The monoisotopic (exact) mass is 382 g/mol. The van der Waals surface area contributed by atoms with Gasteiger partial charge in [-0.25, -0.2) is 0 Å². The molecule has 122 valence electrons. The normalized spacial score (nSPS) is 10.4. The first-order chi connectivity index (χ1) is 11.8. The smallest absolute Gasteiger partial charge is 0.134 e. The van der Waals surface area contributed by atoms with Crippen LogP contribution in [-0.4, -0.2) is 6.61 Å². The van der Waals surface area contributed by atoms with Crippen molar-refractivity contribution in [2.24, 2.45) is 0 Å². The Bertz CT molecular complexity index is 800. The third-order valence-electron chi connectivity index (χ3n) is 3.67. The van der Waals surface area contributed by atoms with Crippen molar-refractivity contribution in [2.75, 3.05) is 6.61 Å². The fraction of sp³-hybridized carbons (Fsp3) is 0.143. The largest absolute Gasteiger partial charge is 0.493 e. The zero-order valence-electron chi connectivity index (χ0n) is 13.5. The van der Waals surface area contributed by atoms with Gasteiger partial charge in [0.2, 0.25) is 0 Å². The van der Waals surface area contributed by atoms with Gasteiger partial charge in [-0.2, -0.15) is 0 Å². The molecule has 0 aliphatic rings. The Balaban J connectivity index is 1.86. The van der Waals surface area contributed by atoms with Crippen LogP contribution < -0.4 is 9.47 Å².